The number of carbonyl (C=O) groups is 3. The molecule has 5 heteroatoms. The molecule has 0 aliphatic carbocycles. The Balaban J connectivity index is 1.58. The number of fused-ring (bicyclic) bond motifs is 1. The Kier molecular flexibility index (Phi) is 3.82. The zero-order valence-electron chi connectivity index (χ0n) is 13.7. The summed E-state index contributed by atoms with van der Waals surface area (Å²) in [5, 5.41) is 4.95. The Bertz CT molecular complexity index is 1020. The Morgan fingerprint density at radius 2 is 1.42 bits per heavy atom. The molecular weight excluding hydrogens is 328 g/mol. The van der Waals surface area contributed by atoms with Crippen molar-refractivity contribution >= 4 is 23.4 Å². The fourth-order valence-electron chi connectivity index (χ4n) is 2.96. The number of anilines is 1. The summed E-state index contributed by atoms with van der Waals surface area (Å²) >= 11 is 0. The lowest BCUT2D eigenvalue weighted by molar-refractivity contribution is 0.0879. The summed E-state index contributed by atoms with van der Waals surface area (Å²) < 4.78 is 0. The minimum atomic E-state index is -0.500. The number of benzene rings is 3. The van der Waals surface area contributed by atoms with E-state index in [1.165, 1.54) is 0 Å². The summed E-state index contributed by atoms with van der Waals surface area (Å²) in [7, 11) is 0. The predicted octanol–water partition coefficient (Wildman–Crippen LogP) is 3.49. The SMILES string of the molecule is O=C(Nc1cccc2c1C(=O)NC2=O)c1ccc(-c2ccccc2)cc1. The standard InChI is InChI=1S/C21H14N2O3/c24-19(15-11-9-14(10-12-15)13-5-2-1-3-6-13)22-17-8-4-7-16-18(17)21(26)23-20(16)25/h1-12H,(H,22,24)(H,23,25,26). The van der Waals surface area contributed by atoms with E-state index in [9.17, 15) is 14.4 Å². The predicted molar refractivity (Wildman–Crippen MR) is 98.1 cm³/mol. The number of amides is 3. The van der Waals surface area contributed by atoms with Crippen LogP contribution in [-0.4, -0.2) is 17.7 Å². The Morgan fingerprint density at radius 3 is 2.15 bits per heavy atom. The van der Waals surface area contributed by atoms with E-state index >= 15 is 0 Å². The molecule has 0 spiro atoms. The fourth-order valence-corrected chi connectivity index (χ4v) is 2.96. The molecule has 3 aromatic carbocycles. The quantitative estimate of drug-likeness (QED) is 0.716. The molecule has 0 unspecified atom stereocenters. The third-order valence-electron chi connectivity index (χ3n) is 4.27. The van der Waals surface area contributed by atoms with Crippen LogP contribution >= 0.6 is 0 Å². The summed E-state index contributed by atoms with van der Waals surface area (Å²) in [6, 6.07) is 21.8. The van der Waals surface area contributed by atoms with E-state index in [4.69, 9.17) is 0 Å². The second-order valence-corrected chi connectivity index (χ2v) is 5.91. The molecule has 1 aliphatic heterocycles. The van der Waals surface area contributed by atoms with Crippen molar-refractivity contribution in [3.8, 4) is 11.1 Å². The molecule has 0 bridgehead atoms. The van der Waals surface area contributed by atoms with Gasteiger partial charge in [-0.1, -0.05) is 48.5 Å². The van der Waals surface area contributed by atoms with Crippen molar-refractivity contribution in [1.29, 1.82) is 0 Å². The first-order chi connectivity index (χ1) is 12.6. The zero-order valence-corrected chi connectivity index (χ0v) is 13.7. The van der Waals surface area contributed by atoms with Gasteiger partial charge in [-0.25, -0.2) is 0 Å². The molecule has 0 fully saturated rings. The van der Waals surface area contributed by atoms with Crippen LogP contribution in [0.5, 0.6) is 0 Å². The molecule has 126 valence electrons. The molecule has 0 atom stereocenters. The van der Waals surface area contributed by atoms with Gasteiger partial charge in [0.2, 0.25) is 0 Å². The van der Waals surface area contributed by atoms with Crippen LogP contribution in [0.25, 0.3) is 11.1 Å². The van der Waals surface area contributed by atoms with E-state index in [1.54, 1.807) is 30.3 Å². The summed E-state index contributed by atoms with van der Waals surface area (Å²) in [6.45, 7) is 0. The fraction of sp³-hybridized carbons (Fsp3) is 0. The third-order valence-corrected chi connectivity index (χ3v) is 4.27. The smallest absolute Gasteiger partial charge is 0.261 e. The van der Waals surface area contributed by atoms with Gasteiger partial charge in [-0.2, -0.15) is 0 Å². The van der Waals surface area contributed by atoms with E-state index < -0.39 is 11.8 Å². The maximum absolute atomic E-state index is 12.5. The summed E-state index contributed by atoms with van der Waals surface area (Å²) in [5.74, 6) is -1.29. The molecule has 3 amide bonds. The van der Waals surface area contributed by atoms with Gasteiger partial charge in [0.05, 0.1) is 16.8 Å². The molecule has 5 nitrogen and oxygen atoms in total. The Labute approximate surface area is 149 Å². The number of hydrogen-bond donors (Lipinski definition) is 2. The lowest BCUT2D eigenvalue weighted by atomic mass is 10.0. The van der Waals surface area contributed by atoms with Crippen LogP contribution in [0.1, 0.15) is 31.1 Å². The third kappa shape index (κ3) is 2.75. The van der Waals surface area contributed by atoms with Crippen LogP contribution in [0.15, 0.2) is 72.8 Å². The minimum absolute atomic E-state index is 0.201. The van der Waals surface area contributed by atoms with E-state index in [0.717, 1.165) is 11.1 Å². The van der Waals surface area contributed by atoms with Crippen LogP contribution in [0, 0.1) is 0 Å². The maximum Gasteiger partial charge on any atom is 0.261 e. The van der Waals surface area contributed by atoms with Crippen molar-refractivity contribution in [2.24, 2.45) is 0 Å². The van der Waals surface area contributed by atoms with E-state index in [1.807, 2.05) is 42.5 Å². The molecule has 4 rings (SSSR count). The lowest BCUT2D eigenvalue weighted by Crippen LogP contribution is -2.20. The molecule has 2 N–H and O–H groups in total. The molecular formula is C21H14N2O3. The van der Waals surface area contributed by atoms with Crippen LogP contribution in [0.4, 0.5) is 5.69 Å². The first-order valence-corrected chi connectivity index (χ1v) is 8.09. The summed E-state index contributed by atoms with van der Waals surface area (Å²) in [5.41, 5.74) is 3.33. The first-order valence-electron chi connectivity index (χ1n) is 8.09. The van der Waals surface area contributed by atoms with E-state index in [2.05, 4.69) is 10.6 Å². The van der Waals surface area contributed by atoms with Crippen molar-refractivity contribution in [3.63, 3.8) is 0 Å². The molecule has 0 saturated heterocycles. The Hall–Kier alpha value is -3.73. The molecule has 0 aromatic heterocycles. The van der Waals surface area contributed by atoms with Crippen LogP contribution < -0.4 is 10.6 Å². The van der Waals surface area contributed by atoms with E-state index in [-0.39, 0.29) is 17.0 Å². The van der Waals surface area contributed by atoms with Crippen molar-refractivity contribution in [3.05, 3.63) is 89.5 Å². The lowest BCUT2D eigenvalue weighted by Gasteiger charge is -2.09. The largest absolute Gasteiger partial charge is 0.321 e. The zero-order chi connectivity index (χ0) is 18.1. The van der Waals surface area contributed by atoms with E-state index in [0.29, 0.717) is 11.3 Å². The van der Waals surface area contributed by atoms with Crippen LogP contribution in [0.2, 0.25) is 0 Å². The topological polar surface area (TPSA) is 75.3 Å². The van der Waals surface area contributed by atoms with Gasteiger partial charge < -0.3 is 5.32 Å². The van der Waals surface area contributed by atoms with Gasteiger partial charge in [0, 0.05) is 5.56 Å². The van der Waals surface area contributed by atoms with Crippen molar-refractivity contribution in [2.75, 3.05) is 5.32 Å². The number of nitrogens with one attached hydrogen (secondary N) is 2. The number of carbonyl (C=O) groups excluding carboxylic acids is 3. The second kappa shape index (κ2) is 6.29. The highest BCUT2D eigenvalue weighted by Crippen LogP contribution is 2.25. The van der Waals surface area contributed by atoms with Gasteiger partial charge in [0.15, 0.2) is 0 Å². The van der Waals surface area contributed by atoms with Gasteiger partial charge >= 0.3 is 0 Å². The highest BCUT2D eigenvalue weighted by molar-refractivity contribution is 6.25. The maximum atomic E-state index is 12.5. The molecule has 1 heterocycles. The second-order valence-electron chi connectivity index (χ2n) is 5.91. The Morgan fingerprint density at radius 1 is 0.731 bits per heavy atom. The van der Waals surface area contributed by atoms with Crippen LogP contribution in [-0.2, 0) is 0 Å². The van der Waals surface area contributed by atoms with Gasteiger partial charge in [-0.3, -0.25) is 19.7 Å². The highest BCUT2D eigenvalue weighted by atomic mass is 16.2. The summed E-state index contributed by atoms with van der Waals surface area (Å²) in [4.78, 5) is 36.2. The minimum Gasteiger partial charge on any atom is -0.321 e. The van der Waals surface area contributed by atoms with Gasteiger partial charge in [0.1, 0.15) is 0 Å². The van der Waals surface area contributed by atoms with Crippen molar-refractivity contribution < 1.29 is 14.4 Å². The molecule has 1 aliphatic rings. The average Bonchev–Trinajstić information content (AvgIpc) is 2.97. The first kappa shape index (κ1) is 15.8. The number of rotatable bonds is 3. The van der Waals surface area contributed by atoms with Crippen LogP contribution in [0.3, 0.4) is 0 Å². The van der Waals surface area contributed by atoms with Gasteiger partial charge in [0.25, 0.3) is 17.7 Å². The normalized spacial score (nSPS) is 12.5. The number of imide groups is 1. The number of hydrogen-bond acceptors (Lipinski definition) is 3. The van der Waals surface area contributed by atoms with Crippen molar-refractivity contribution in [1.82, 2.24) is 5.32 Å². The average molecular weight is 342 g/mol. The van der Waals surface area contributed by atoms with Gasteiger partial charge in [-0.05, 0) is 35.4 Å². The molecule has 0 saturated carbocycles. The summed E-state index contributed by atoms with van der Waals surface area (Å²) in [6.07, 6.45) is 0. The van der Waals surface area contributed by atoms with Gasteiger partial charge in [-0.15, -0.1) is 0 Å². The molecule has 26 heavy (non-hydrogen) atoms. The highest BCUT2D eigenvalue weighted by Gasteiger charge is 2.29. The monoisotopic (exact) mass is 342 g/mol. The molecule has 3 aromatic rings. The van der Waals surface area contributed by atoms with Crippen molar-refractivity contribution in [2.45, 2.75) is 0 Å². The molecule has 0 radical (unpaired) electrons.